The standard InChI is InChI=1S/C26H23N3O2/c1-4-17-13-19-20(14-22(17)29-8-5-10-31-11-9-29)26(2,3)25-23(24(19)30)18-7-6-16(15-27)12-21(18)28-25/h1,6-7,12-14,28H,5,8-11H2,2-3H3. The lowest BCUT2D eigenvalue weighted by Crippen LogP contribution is -2.32. The Morgan fingerprint density at radius 3 is 2.81 bits per heavy atom. The number of fused-ring (bicyclic) bond motifs is 4. The van der Waals surface area contributed by atoms with Gasteiger partial charge in [0.25, 0.3) is 0 Å². The van der Waals surface area contributed by atoms with Crippen LogP contribution in [0.25, 0.3) is 10.9 Å². The third kappa shape index (κ3) is 2.86. The number of nitrogens with zero attached hydrogens (tertiary/aromatic N) is 2. The van der Waals surface area contributed by atoms with Crippen LogP contribution in [-0.2, 0) is 10.2 Å². The number of rotatable bonds is 1. The fourth-order valence-corrected chi connectivity index (χ4v) is 4.90. The molecular weight excluding hydrogens is 386 g/mol. The highest BCUT2D eigenvalue weighted by molar-refractivity contribution is 6.20. The van der Waals surface area contributed by atoms with Crippen LogP contribution in [-0.4, -0.2) is 37.1 Å². The fraction of sp³-hybridized carbons (Fsp3) is 0.308. The van der Waals surface area contributed by atoms with Crippen molar-refractivity contribution >= 4 is 22.4 Å². The Morgan fingerprint density at radius 2 is 2.03 bits per heavy atom. The van der Waals surface area contributed by atoms with E-state index in [0.29, 0.717) is 23.3 Å². The van der Waals surface area contributed by atoms with Gasteiger partial charge in [0.05, 0.1) is 29.5 Å². The maximum Gasteiger partial charge on any atom is 0.195 e. The summed E-state index contributed by atoms with van der Waals surface area (Å²) in [4.78, 5) is 19.4. The largest absolute Gasteiger partial charge is 0.380 e. The molecular formula is C26H23N3O2. The zero-order valence-corrected chi connectivity index (χ0v) is 17.7. The van der Waals surface area contributed by atoms with Gasteiger partial charge in [-0.25, -0.2) is 0 Å². The van der Waals surface area contributed by atoms with E-state index in [1.54, 1.807) is 12.1 Å². The number of nitrogens with one attached hydrogen (secondary N) is 1. The molecule has 0 spiro atoms. The number of H-pyrrole nitrogens is 1. The first kappa shape index (κ1) is 19.4. The van der Waals surface area contributed by atoms with Gasteiger partial charge in [0, 0.05) is 52.8 Å². The topological polar surface area (TPSA) is 69.1 Å². The number of aromatic amines is 1. The molecule has 1 fully saturated rings. The van der Waals surface area contributed by atoms with Gasteiger partial charge < -0.3 is 14.6 Å². The zero-order valence-electron chi connectivity index (χ0n) is 17.7. The van der Waals surface area contributed by atoms with Crippen LogP contribution in [0.2, 0.25) is 0 Å². The summed E-state index contributed by atoms with van der Waals surface area (Å²) in [7, 11) is 0. The van der Waals surface area contributed by atoms with Gasteiger partial charge in [0.1, 0.15) is 0 Å². The van der Waals surface area contributed by atoms with Crippen LogP contribution in [0.5, 0.6) is 0 Å². The van der Waals surface area contributed by atoms with Gasteiger partial charge in [-0.3, -0.25) is 4.79 Å². The van der Waals surface area contributed by atoms with Gasteiger partial charge >= 0.3 is 0 Å². The number of benzene rings is 2. The zero-order chi connectivity index (χ0) is 21.8. The number of hydrogen-bond donors (Lipinski definition) is 1. The molecule has 1 aromatic heterocycles. The van der Waals surface area contributed by atoms with E-state index < -0.39 is 5.41 Å². The summed E-state index contributed by atoms with van der Waals surface area (Å²) in [5.41, 5.74) is 5.86. The van der Waals surface area contributed by atoms with E-state index >= 15 is 0 Å². The third-order valence-corrected chi connectivity index (χ3v) is 6.55. The molecule has 3 aromatic rings. The average molecular weight is 409 g/mol. The Labute approximate surface area is 181 Å². The average Bonchev–Trinajstić information content (AvgIpc) is 2.96. The van der Waals surface area contributed by atoms with Gasteiger partial charge in [0.2, 0.25) is 0 Å². The molecule has 0 unspecified atom stereocenters. The smallest absolute Gasteiger partial charge is 0.195 e. The molecule has 31 heavy (non-hydrogen) atoms. The summed E-state index contributed by atoms with van der Waals surface area (Å²) < 4.78 is 5.61. The first-order chi connectivity index (χ1) is 15.0. The van der Waals surface area contributed by atoms with E-state index in [4.69, 9.17) is 11.2 Å². The monoisotopic (exact) mass is 409 g/mol. The molecule has 0 atom stereocenters. The highest BCUT2D eigenvalue weighted by Crippen LogP contribution is 2.45. The number of carbonyl (C=O) groups is 1. The van der Waals surface area contributed by atoms with E-state index in [-0.39, 0.29) is 5.78 Å². The number of aromatic nitrogens is 1. The number of anilines is 1. The van der Waals surface area contributed by atoms with Crippen LogP contribution in [0.3, 0.4) is 0 Å². The quantitative estimate of drug-likeness (QED) is 0.614. The summed E-state index contributed by atoms with van der Waals surface area (Å²) in [5, 5.41) is 10.1. The molecule has 0 bridgehead atoms. The lowest BCUT2D eigenvalue weighted by molar-refractivity contribution is 0.103. The van der Waals surface area contributed by atoms with Crippen molar-refractivity contribution in [1.82, 2.24) is 4.98 Å². The molecule has 1 saturated heterocycles. The number of ketones is 1. The Bertz CT molecular complexity index is 1310. The van der Waals surface area contributed by atoms with Crippen LogP contribution in [0.15, 0.2) is 30.3 Å². The minimum atomic E-state index is -0.422. The van der Waals surface area contributed by atoms with Crippen LogP contribution < -0.4 is 4.90 Å². The summed E-state index contributed by atoms with van der Waals surface area (Å²) >= 11 is 0. The van der Waals surface area contributed by atoms with Gasteiger partial charge in [-0.15, -0.1) is 6.42 Å². The second-order valence-electron chi connectivity index (χ2n) is 8.71. The second-order valence-corrected chi connectivity index (χ2v) is 8.71. The molecule has 5 nitrogen and oxygen atoms in total. The number of carbonyl (C=O) groups excluding carboxylic acids is 1. The van der Waals surface area contributed by atoms with E-state index in [1.807, 2.05) is 12.1 Å². The molecule has 1 N–H and O–H groups in total. The van der Waals surface area contributed by atoms with Crippen LogP contribution >= 0.6 is 0 Å². The Hall–Kier alpha value is -3.54. The molecule has 1 aliphatic carbocycles. The van der Waals surface area contributed by atoms with Crippen molar-refractivity contribution in [3.05, 3.63) is 63.8 Å². The lowest BCUT2D eigenvalue weighted by atomic mass is 9.70. The second kappa shape index (κ2) is 7.01. The van der Waals surface area contributed by atoms with E-state index in [1.165, 1.54) is 0 Å². The third-order valence-electron chi connectivity index (χ3n) is 6.55. The SMILES string of the molecule is C#Cc1cc2c(cc1N1CCCOCC1)C(C)(C)c1[nH]c3cc(C#N)ccc3c1C2=O. The molecule has 0 saturated carbocycles. The number of nitriles is 1. The Kier molecular flexibility index (Phi) is 4.39. The van der Waals surface area contributed by atoms with Gasteiger partial charge in [-0.2, -0.15) is 5.26 Å². The van der Waals surface area contributed by atoms with Crippen molar-refractivity contribution in [3.63, 3.8) is 0 Å². The van der Waals surface area contributed by atoms with Crippen LogP contribution in [0.4, 0.5) is 5.69 Å². The lowest BCUT2D eigenvalue weighted by Gasteiger charge is -2.34. The fourth-order valence-electron chi connectivity index (χ4n) is 4.90. The molecule has 2 heterocycles. The molecule has 2 aliphatic rings. The van der Waals surface area contributed by atoms with Crippen molar-refractivity contribution < 1.29 is 9.53 Å². The van der Waals surface area contributed by atoms with Crippen molar-refractivity contribution in [2.45, 2.75) is 25.7 Å². The number of ether oxygens (including phenoxy) is 1. The highest BCUT2D eigenvalue weighted by atomic mass is 16.5. The van der Waals surface area contributed by atoms with Crippen molar-refractivity contribution in [3.8, 4) is 18.4 Å². The summed E-state index contributed by atoms with van der Waals surface area (Å²) in [6.07, 6.45) is 6.82. The molecule has 154 valence electrons. The van der Waals surface area contributed by atoms with E-state index in [0.717, 1.165) is 59.5 Å². The van der Waals surface area contributed by atoms with Crippen molar-refractivity contribution in [2.75, 3.05) is 31.2 Å². The van der Waals surface area contributed by atoms with E-state index in [2.05, 4.69) is 41.8 Å². The van der Waals surface area contributed by atoms with E-state index in [9.17, 15) is 10.1 Å². The highest BCUT2D eigenvalue weighted by Gasteiger charge is 2.40. The van der Waals surface area contributed by atoms with Gasteiger partial charge in [0.15, 0.2) is 5.78 Å². The predicted octanol–water partition coefficient (Wildman–Crippen LogP) is 4.12. The van der Waals surface area contributed by atoms with Gasteiger partial charge in [-0.05, 0) is 36.2 Å². The molecule has 1 aliphatic heterocycles. The van der Waals surface area contributed by atoms with Crippen molar-refractivity contribution in [2.24, 2.45) is 0 Å². The number of hydrogen-bond acceptors (Lipinski definition) is 4. The summed E-state index contributed by atoms with van der Waals surface area (Å²) in [5.74, 6) is 2.78. The minimum absolute atomic E-state index is 0.0254. The van der Waals surface area contributed by atoms with Gasteiger partial charge in [-0.1, -0.05) is 25.8 Å². The summed E-state index contributed by atoms with van der Waals surface area (Å²) in [6.45, 7) is 7.31. The minimum Gasteiger partial charge on any atom is -0.380 e. The maximum atomic E-state index is 13.6. The van der Waals surface area contributed by atoms with Crippen LogP contribution in [0.1, 0.15) is 58.6 Å². The maximum absolute atomic E-state index is 13.6. The molecule has 5 rings (SSSR count). The molecule has 5 heteroatoms. The predicted molar refractivity (Wildman–Crippen MR) is 121 cm³/mol. The first-order valence-corrected chi connectivity index (χ1v) is 10.5. The first-order valence-electron chi connectivity index (χ1n) is 10.5. The Morgan fingerprint density at radius 1 is 1.19 bits per heavy atom. The number of terminal acetylenes is 1. The molecule has 0 radical (unpaired) electrons. The molecule has 2 aromatic carbocycles. The van der Waals surface area contributed by atoms with Crippen molar-refractivity contribution in [1.29, 1.82) is 5.26 Å². The normalized spacial score (nSPS) is 17.4. The summed E-state index contributed by atoms with van der Waals surface area (Å²) in [6, 6.07) is 11.6. The Balaban J connectivity index is 1.73. The van der Waals surface area contributed by atoms with Crippen LogP contribution in [0, 0.1) is 23.7 Å². The molecule has 0 amide bonds.